The molecule has 3 aromatic rings. The van der Waals surface area contributed by atoms with Crippen molar-refractivity contribution in [3.05, 3.63) is 52.1 Å². The maximum Gasteiger partial charge on any atom is 0.328 e. The molecule has 0 spiro atoms. The summed E-state index contributed by atoms with van der Waals surface area (Å²) in [6, 6.07) is 6.37. The molecule has 296 valence electrons. The number of urea groups is 1. The lowest BCUT2D eigenvalue weighted by atomic mass is 9.92. The second kappa shape index (κ2) is 16.6. The van der Waals surface area contributed by atoms with Crippen molar-refractivity contribution < 1.29 is 32.6 Å². The molecule has 0 saturated carbocycles. The SMILES string of the molecule is COc1cc(N2CCC(N3CC(N4CCC(COc5cc(F)c6c(=O)[nH]c(CSC7CCOCC7)nc6c5)CC4)C3)CC2)c(F)cc1N1CCC(=O)NC1=O. The van der Waals surface area contributed by atoms with Crippen molar-refractivity contribution >= 4 is 46.0 Å². The minimum atomic E-state index is -0.619. The van der Waals surface area contributed by atoms with Gasteiger partial charge < -0.3 is 24.1 Å². The number of methoxy groups -OCH3 is 1. The molecule has 0 aliphatic carbocycles. The van der Waals surface area contributed by atoms with Gasteiger partial charge in [-0.3, -0.25) is 29.6 Å². The Labute approximate surface area is 323 Å². The number of carbonyl (C=O) groups excluding carboxylic acids is 2. The number of nitrogens with one attached hydrogen (secondary N) is 2. The summed E-state index contributed by atoms with van der Waals surface area (Å²) in [6.07, 6.45) is 5.97. The van der Waals surface area contributed by atoms with E-state index in [1.54, 1.807) is 23.9 Å². The second-order valence-corrected chi connectivity index (χ2v) is 16.6. The topological polar surface area (TPSA) is 133 Å². The van der Waals surface area contributed by atoms with Gasteiger partial charge in [-0.1, -0.05) is 0 Å². The third-order valence-corrected chi connectivity index (χ3v) is 13.2. The highest BCUT2D eigenvalue weighted by molar-refractivity contribution is 7.99. The number of imide groups is 1. The van der Waals surface area contributed by atoms with Crippen LogP contribution in [0.2, 0.25) is 0 Å². The zero-order chi connectivity index (χ0) is 38.1. The van der Waals surface area contributed by atoms with E-state index in [4.69, 9.17) is 14.2 Å². The van der Waals surface area contributed by atoms with Gasteiger partial charge in [-0.05, 0) is 57.5 Å². The molecule has 55 heavy (non-hydrogen) atoms. The van der Waals surface area contributed by atoms with E-state index < -0.39 is 23.2 Å². The number of benzene rings is 2. The standard InChI is InChI=1S/C39H49F2N7O6S/c1-52-34-19-32(29(40)18-33(34)48-13-6-36(49)44-39(48)51)46-11-4-25(5-12-46)47-20-26(21-47)45-9-2-24(3-10-45)22-54-27-16-30(41)37-31(17-27)42-35(43-38(37)50)23-55-28-7-14-53-15-8-28/h16-19,24-26,28H,2-15,20-23H2,1H3,(H,42,43,50)(H,44,49,51). The van der Waals surface area contributed by atoms with E-state index in [1.165, 1.54) is 24.1 Å². The number of aromatic nitrogens is 2. The summed E-state index contributed by atoms with van der Waals surface area (Å²) in [5.41, 5.74) is 0.634. The van der Waals surface area contributed by atoms with Crippen molar-refractivity contribution in [3.8, 4) is 11.5 Å². The van der Waals surface area contributed by atoms with Crippen LogP contribution in [0, 0.1) is 17.6 Å². The monoisotopic (exact) mass is 781 g/mol. The highest BCUT2D eigenvalue weighted by Crippen LogP contribution is 2.38. The van der Waals surface area contributed by atoms with E-state index in [0.717, 1.165) is 91.0 Å². The molecular formula is C39H49F2N7O6S. The van der Waals surface area contributed by atoms with Crippen molar-refractivity contribution in [3.63, 3.8) is 0 Å². The summed E-state index contributed by atoms with van der Waals surface area (Å²) in [5, 5.41) is 2.71. The Morgan fingerprint density at radius 1 is 0.873 bits per heavy atom. The number of hydrogen-bond donors (Lipinski definition) is 2. The van der Waals surface area contributed by atoms with Gasteiger partial charge in [0.1, 0.15) is 34.3 Å². The van der Waals surface area contributed by atoms with Gasteiger partial charge in [0, 0.05) is 94.0 Å². The van der Waals surface area contributed by atoms with Gasteiger partial charge in [-0.15, -0.1) is 0 Å². The summed E-state index contributed by atoms with van der Waals surface area (Å²) < 4.78 is 47.6. The molecule has 0 unspecified atom stereocenters. The number of hydrogen-bond acceptors (Lipinski definition) is 11. The van der Waals surface area contributed by atoms with E-state index in [2.05, 4.69) is 30.0 Å². The van der Waals surface area contributed by atoms with E-state index >= 15 is 8.78 Å². The Hall–Kier alpha value is -3.99. The van der Waals surface area contributed by atoms with Crippen LogP contribution < -0.4 is 30.1 Å². The molecule has 8 rings (SSSR count). The van der Waals surface area contributed by atoms with Gasteiger partial charge in [0.25, 0.3) is 5.56 Å². The van der Waals surface area contributed by atoms with Crippen LogP contribution in [0.4, 0.5) is 25.0 Å². The van der Waals surface area contributed by atoms with E-state index in [1.807, 2.05) is 0 Å². The molecule has 0 atom stereocenters. The highest BCUT2D eigenvalue weighted by Gasteiger charge is 2.39. The fourth-order valence-corrected chi connectivity index (χ4v) is 9.63. The number of amides is 3. The number of ether oxygens (including phenoxy) is 3. The maximum absolute atomic E-state index is 15.5. The Morgan fingerprint density at radius 2 is 1.64 bits per heavy atom. The Kier molecular flexibility index (Phi) is 11.5. The van der Waals surface area contributed by atoms with Crippen LogP contribution in [0.5, 0.6) is 11.5 Å². The molecule has 2 aromatic carbocycles. The van der Waals surface area contributed by atoms with Gasteiger partial charge in [0.2, 0.25) is 5.91 Å². The molecule has 5 aliphatic heterocycles. The van der Waals surface area contributed by atoms with Crippen LogP contribution in [-0.2, 0) is 15.3 Å². The fourth-order valence-electron chi connectivity index (χ4n) is 8.57. The van der Waals surface area contributed by atoms with Crippen LogP contribution >= 0.6 is 11.8 Å². The molecule has 5 aliphatic rings. The summed E-state index contributed by atoms with van der Waals surface area (Å²) in [7, 11) is 1.50. The molecule has 13 nitrogen and oxygen atoms in total. The third kappa shape index (κ3) is 8.42. The van der Waals surface area contributed by atoms with E-state index in [-0.39, 0.29) is 24.3 Å². The van der Waals surface area contributed by atoms with Gasteiger partial charge >= 0.3 is 6.03 Å². The smallest absolute Gasteiger partial charge is 0.328 e. The molecule has 6 heterocycles. The molecule has 0 radical (unpaired) electrons. The first-order valence-electron chi connectivity index (χ1n) is 19.5. The number of piperidine rings is 2. The van der Waals surface area contributed by atoms with Crippen LogP contribution in [-0.4, -0.2) is 122 Å². The van der Waals surface area contributed by atoms with Crippen molar-refractivity contribution in [1.82, 2.24) is 25.1 Å². The van der Waals surface area contributed by atoms with Crippen molar-refractivity contribution in [2.75, 3.05) is 82.5 Å². The molecule has 3 amide bonds. The molecule has 5 fully saturated rings. The van der Waals surface area contributed by atoms with Gasteiger partial charge in [0.05, 0.1) is 36.4 Å². The maximum atomic E-state index is 15.5. The fraction of sp³-hybridized carbons (Fsp3) is 0.590. The Morgan fingerprint density at radius 3 is 2.36 bits per heavy atom. The zero-order valence-electron chi connectivity index (χ0n) is 31.2. The number of likely N-dealkylation sites (tertiary alicyclic amines) is 2. The van der Waals surface area contributed by atoms with Gasteiger partial charge in [0.15, 0.2) is 0 Å². The first-order chi connectivity index (χ1) is 26.7. The predicted octanol–water partition coefficient (Wildman–Crippen LogP) is 4.51. The number of halogens is 2. The van der Waals surface area contributed by atoms with Crippen molar-refractivity contribution in [2.24, 2.45) is 5.92 Å². The first kappa shape index (κ1) is 37.9. The number of H-pyrrole nitrogens is 1. The number of fused-ring (bicyclic) bond motifs is 1. The summed E-state index contributed by atoms with van der Waals surface area (Å²) in [5.74, 6) is 0.880. The van der Waals surface area contributed by atoms with E-state index in [9.17, 15) is 14.4 Å². The highest BCUT2D eigenvalue weighted by atomic mass is 32.2. The Bertz CT molecular complexity index is 1940. The average Bonchev–Trinajstić information content (AvgIpc) is 3.16. The minimum Gasteiger partial charge on any atom is -0.494 e. The van der Waals surface area contributed by atoms with Gasteiger partial charge in [-0.25, -0.2) is 18.6 Å². The molecule has 0 bridgehead atoms. The lowest BCUT2D eigenvalue weighted by Gasteiger charge is -2.52. The number of aromatic amines is 1. The second-order valence-electron chi connectivity index (χ2n) is 15.3. The molecule has 2 N–H and O–H groups in total. The molecular weight excluding hydrogens is 733 g/mol. The zero-order valence-corrected chi connectivity index (χ0v) is 32.0. The molecule has 5 saturated heterocycles. The molecule has 1 aromatic heterocycles. The molecule has 16 heteroatoms. The number of anilines is 2. The number of nitrogens with zero attached hydrogens (tertiary/aromatic N) is 5. The average molecular weight is 782 g/mol. The predicted molar refractivity (Wildman–Crippen MR) is 206 cm³/mol. The number of thioether (sulfide) groups is 1. The van der Waals surface area contributed by atoms with Crippen molar-refractivity contribution in [1.29, 1.82) is 0 Å². The van der Waals surface area contributed by atoms with Crippen LogP contribution in [0.25, 0.3) is 10.9 Å². The largest absolute Gasteiger partial charge is 0.494 e. The number of rotatable bonds is 11. The van der Waals surface area contributed by atoms with Gasteiger partial charge in [-0.2, -0.15) is 11.8 Å². The summed E-state index contributed by atoms with van der Waals surface area (Å²) in [4.78, 5) is 52.6. The van der Waals surface area contributed by atoms with E-state index in [0.29, 0.717) is 69.8 Å². The minimum absolute atomic E-state index is 0.0352. The quantitative estimate of drug-likeness (QED) is 0.285. The normalized spacial score (nSPS) is 21.6. The van der Waals surface area contributed by atoms with Crippen LogP contribution in [0.15, 0.2) is 29.1 Å². The third-order valence-electron chi connectivity index (χ3n) is 11.9. The van der Waals surface area contributed by atoms with Crippen LogP contribution in [0.3, 0.4) is 0 Å². The lowest BCUT2D eigenvalue weighted by Crippen LogP contribution is -2.64. The Balaban J connectivity index is 0.779. The van der Waals surface area contributed by atoms with Crippen molar-refractivity contribution in [2.45, 2.75) is 68.0 Å². The number of carbonyl (C=O) groups is 2. The summed E-state index contributed by atoms with van der Waals surface area (Å²) >= 11 is 1.75. The van der Waals surface area contributed by atoms with Crippen LogP contribution in [0.1, 0.15) is 50.8 Å². The summed E-state index contributed by atoms with van der Waals surface area (Å²) in [6.45, 7) is 7.66. The lowest BCUT2D eigenvalue weighted by molar-refractivity contribution is -0.120. The first-order valence-corrected chi connectivity index (χ1v) is 20.5.